The van der Waals surface area contributed by atoms with Crippen LogP contribution in [-0.2, 0) is 9.53 Å². The van der Waals surface area contributed by atoms with Crippen molar-refractivity contribution in [3.8, 4) is 0 Å². The van der Waals surface area contributed by atoms with Crippen molar-refractivity contribution < 1.29 is 9.53 Å². The second kappa shape index (κ2) is 28.2. The molecule has 2 nitrogen and oxygen atoms in total. The molecule has 0 saturated carbocycles. The molecule has 0 aromatic rings. The molecule has 0 aliphatic heterocycles. The zero-order valence-corrected chi connectivity index (χ0v) is 22.1. The summed E-state index contributed by atoms with van der Waals surface area (Å²) in [5.41, 5.74) is 0. The molecule has 0 aliphatic rings. The van der Waals surface area contributed by atoms with Gasteiger partial charge < -0.3 is 4.74 Å². The minimum atomic E-state index is 0.0130. The highest BCUT2D eigenvalue weighted by atomic mass is 16.5. The van der Waals surface area contributed by atoms with E-state index < -0.39 is 0 Å². The van der Waals surface area contributed by atoms with Crippen molar-refractivity contribution >= 4 is 5.97 Å². The van der Waals surface area contributed by atoms with Crippen molar-refractivity contribution in [2.75, 3.05) is 6.61 Å². The lowest BCUT2D eigenvalue weighted by Crippen LogP contribution is -2.05. The maximum absolute atomic E-state index is 11.8. The number of unbranched alkanes of at least 4 members (excludes halogenated alkanes) is 20. The van der Waals surface area contributed by atoms with Gasteiger partial charge in [0.25, 0.3) is 0 Å². The van der Waals surface area contributed by atoms with Gasteiger partial charge in [0.05, 0.1) is 6.61 Å². The summed E-state index contributed by atoms with van der Waals surface area (Å²) >= 11 is 0. The summed E-state index contributed by atoms with van der Waals surface area (Å²) in [6.45, 7) is 5.17. The number of carbonyl (C=O) groups is 1. The van der Waals surface area contributed by atoms with Crippen LogP contribution in [0, 0.1) is 0 Å². The molecule has 0 radical (unpaired) electrons. The van der Waals surface area contributed by atoms with Gasteiger partial charge in [-0.15, -0.1) is 0 Å². The lowest BCUT2D eigenvalue weighted by atomic mass is 10.1. The number of esters is 1. The lowest BCUT2D eigenvalue weighted by molar-refractivity contribution is -0.143. The third kappa shape index (κ3) is 27.2. The SMILES string of the molecule is CCCCCC/C=C\CCCCCCCC(=O)OCCCCCCCCCCCCCC. The Hall–Kier alpha value is -0.790. The Bertz CT molecular complexity index is 388. The van der Waals surface area contributed by atoms with Crippen LogP contribution in [0.4, 0.5) is 0 Å². The number of carbonyl (C=O) groups excluding carboxylic acids is 1. The highest BCUT2D eigenvalue weighted by Gasteiger charge is 2.02. The highest BCUT2D eigenvalue weighted by molar-refractivity contribution is 5.69. The second-order valence-electron chi connectivity index (χ2n) is 9.74. The summed E-state index contributed by atoms with van der Waals surface area (Å²) in [5, 5.41) is 0. The predicted molar refractivity (Wildman–Crippen MR) is 142 cm³/mol. The fraction of sp³-hybridized carbons (Fsp3) is 0.900. The molecule has 0 N–H and O–H groups in total. The van der Waals surface area contributed by atoms with E-state index in [1.165, 1.54) is 128 Å². The number of rotatable bonds is 26. The Morgan fingerprint density at radius 2 is 0.875 bits per heavy atom. The van der Waals surface area contributed by atoms with Crippen molar-refractivity contribution in [1.29, 1.82) is 0 Å². The Labute approximate surface area is 202 Å². The minimum absolute atomic E-state index is 0.0130. The van der Waals surface area contributed by atoms with Crippen molar-refractivity contribution in [2.45, 2.75) is 168 Å². The van der Waals surface area contributed by atoms with Crippen molar-refractivity contribution in [3.63, 3.8) is 0 Å². The van der Waals surface area contributed by atoms with E-state index in [1.54, 1.807) is 0 Å². The number of allylic oxidation sites excluding steroid dienone is 2. The summed E-state index contributed by atoms with van der Waals surface area (Å²) in [5.74, 6) is 0.0130. The molecule has 0 heterocycles. The van der Waals surface area contributed by atoms with Gasteiger partial charge in [-0.25, -0.2) is 0 Å². The van der Waals surface area contributed by atoms with Crippen LogP contribution in [0.1, 0.15) is 168 Å². The van der Waals surface area contributed by atoms with Crippen LogP contribution in [0.2, 0.25) is 0 Å². The third-order valence-electron chi connectivity index (χ3n) is 6.40. The van der Waals surface area contributed by atoms with Crippen LogP contribution in [0.5, 0.6) is 0 Å². The first kappa shape index (κ1) is 31.2. The summed E-state index contributed by atoms with van der Waals surface area (Å²) in [7, 11) is 0. The molecule has 0 bridgehead atoms. The lowest BCUT2D eigenvalue weighted by Gasteiger charge is -2.05. The quantitative estimate of drug-likeness (QED) is 0.0744. The molecule has 0 aromatic heterocycles. The Balaban J connectivity index is 3.19. The minimum Gasteiger partial charge on any atom is -0.466 e. The van der Waals surface area contributed by atoms with E-state index in [0.717, 1.165) is 19.3 Å². The molecular weight excluding hydrogens is 392 g/mol. The molecule has 0 amide bonds. The van der Waals surface area contributed by atoms with Gasteiger partial charge >= 0.3 is 5.97 Å². The molecular formula is C30H58O2. The maximum Gasteiger partial charge on any atom is 0.305 e. The average molecular weight is 451 g/mol. The van der Waals surface area contributed by atoms with Crippen LogP contribution < -0.4 is 0 Å². The van der Waals surface area contributed by atoms with E-state index in [-0.39, 0.29) is 5.97 Å². The van der Waals surface area contributed by atoms with Crippen molar-refractivity contribution in [2.24, 2.45) is 0 Å². The van der Waals surface area contributed by atoms with Crippen LogP contribution >= 0.6 is 0 Å². The van der Waals surface area contributed by atoms with Gasteiger partial charge in [-0.05, 0) is 38.5 Å². The van der Waals surface area contributed by atoms with Crippen LogP contribution in [0.25, 0.3) is 0 Å². The second-order valence-corrected chi connectivity index (χ2v) is 9.74. The Morgan fingerprint density at radius 3 is 1.38 bits per heavy atom. The zero-order valence-electron chi connectivity index (χ0n) is 22.1. The Kier molecular flexibility index (Phi) is 27.5. The van der Waals surface area contributed by atoms with Crippen molar-refractivity contribution in [3.05, 3.63) is 12.2 Å². The first-order valence-corrected chi connectivity index (χ1v) is 14.6. The van der Waals surface area contributed by atoms with Gasteiger partial charge in [-0.3, -0.25) is 4.79 Å². The summed E-state index contributed by atoms with van der Waals surface area (Å²) in [6.07, 6.45) is 35.3. The smallest absolute Gasteiger partial charge is 0.305 e. The number of hydrogen-bond donors (Lipinski definition) is 0. The zero-order chi connectivity index (χ0) is 23.4. The first-order chi connectivity index (χ1) is 15.8. The average Bonchev–Trinajstić information content (AvgIpc) is 2.80. The fourth-order valence-electron chi connectivity index (χ4n) is 4.19. The topological polar surface area (TPSA) is 26.3 Å². The first-order valence-electron chi connectivity index (χ1n) is 14.6. The van der Waals surface area contributed by atoms with E-state index in [9.17, 15) is 4.79 Å². The number of hydrogen-bond acceptors (Lipinski definition) is 2. The largest absolute Gasteiger partial charge is 0.466 e. The fourth-order valence-corrected chi connectivity index (χ4v) is 4.19. The van der Waals surface area contributed by atoms with Gasteiger partial charge in [0.1, 0.15) is 0 Å². The highest BCUT2D eigenvalue weighted by Crippen LogP contribution is 2.12. The van der Waals surface area contributed by atoms with Gasteiger partial charge in [-0.1, -0.05) is 135 Å². The summed E-state index contributed by atoms with van der Waals surface area (Å²) < 4.78 is 5.39. The van der Waals surface area contributed by atoms with Gasteiger partial charge in [0.2, 0.25) is 0 Å². The van der Waals surface area contributed by atoms with Gasteiger partial charge in [0, 0.05) is 6.42 Å². The molecule has 0 unspecified atom stereocenters. The molecule has 2 heteroatoms. The molecule has 0 saturated heterocycles. The van der Waals surface area contributed by atoms with Crippen LogP contribution in [-0.4, -0.2) is 12.6 Å². The number of ether oxygens (including phenoxy) is 1. The van der Waals surface area contributed by atoms with Gasteiger partial charge in [0.15, 0.2) is 0 Å². The Morgan fingerprint density at radius 1 is 0.500 bits per heavy atom. The standard InChI is InChI=1S/C30H58O2/c1-3-5-7-9-11-13-15-17-18-20-22-24-26-28-30(31)32-29-27-25-23-21-19-16-14-12-10-8-6-4-2/h13,15H,3-12,14,16-29H2,1-2H3/b15-13-. The summed E-state index contributed by atoms with van der Waals surface area (Å²) in [6, 6.07) is 0. The van der Waals surface area contributed by atoms with Gasteiger partial charge in [-0.2, -0.15) is 0 Å². The molecule has 0 atom stereocenters. The third-order valence-corrected chi connectivity index (χ3v) is 6.40. The van der Waals surface area contributed by atoms with Crippen molar-refractivity contribution in [1.82, 2.24) is 0 Å². The molecule has 190 valence electrons. The monoisotopic (exact) mass is 450 g/mol. The summed E-state index contributed by atoms with van der Waals surface area (Å²) in [4.78, 5) is 11.8. The molecule has 0 rings (SSSR count). The molecule has 0 spiro atoms. The van der Waals surface area contributed by atoms with E-state index in [2.05, 4.69) is 26.0 Å². The molecule has 0 aliphatic carbocycles. The van der Waals surface area contributed by atoms with E-state index >= 15 is 0 Å². The van der Waals surface area contributed by atoms with Crippen LogP contribution in [0.15, 0.2) is 12.2 Å². The van der Waals surface area contributed by atoms with E-state index in [0.29, 0.717) is 13.0 Å². The molecule has 0 fully saturated rings. The van der Waals surface area contributed by atoms with E-state index in [1.807, 2.05) is 0 Å². The maximum atomic E-state index is 11.8. The molecule has 0 aromatic carbocycles. The molecule has 32 heavy (non-hydrogen) atoms. The van der Waals surface area contributed by atoms with Crippen LogP contribution in [0.3, 0.4) is 0 Å². The van der Waals surface area contributed by atoms with E-state index in [4.69, 9.17) is 4.74 Å². The predicted octanol–water partition coefficient (Wildman–Crippen LogP) is 10.5. The normalized spacial score (nSPS) is 11.4.